The summed E-state index contributed by atoms with van der Waals surface area (Å²) in [6.45, 7) is 6.00. The average Bonchev–Trinajstić information content (AvgIpc) is 2.89. The molecule has 2 unspecified atom stereocenters. The van der Waals surface area contributed by atoms with Gasteiger partial charge in [0.15, 0.2) is 0 Å². The molecule has 1 aromatic rings. The normalized spacial score (nSPS) is 26.3. The largest absolute Gasteiger partial charge is 0.333 e. The van der Waals surface area contributed by atoms with Crippen molar-refractivity contribution in [2.75, 3.05) is 13.1 Å². The van der Waals surface area contributed by atoms with Crippen LogP contribution >= 0.6 is 0 Å². The maximum absolute atomic E-state index is 12.8. The molecule has 1 heterocycles. The molecule has 1 saturated heterocycles. The molecule has 0 aromatic heterocycles. The van der Waals surface area contributed by atoms with Gasteiger partial charge in [0.1, 0.15) is 0 Å². The second-order valence-corrected chi connectivity index (χ2v) is 5.78. The van der Waals surface area contributed by atoms with Crippen LogP contribution in [0.15, 0.2) is 18.2 Å². The molecule has 102 valence electrons. The number of carbonyl (C=O) groups is 1. The van der Waals surface area contributed by atoms with E-state index in [1.54, 1.807) is 0 Å². The lowest BCUT2D eigenvalue weighted by Crippen LogP contribution is -2.57. The Morgan fingerprint density at radius 2 is 2.16 bits per heavy atom. The zero-order valence-corrected chi connectivity index (χ0v) is 11.8. The van der Waals surface area contributed by atoms with Crippen molar-refractivity contribution in [3.05, 3.63) is 34.9 Å². The summed E-state index contributed by atoms with van der Waals surface area (Å²) in [6.07, 6.45) is 3.38. The van der Waals surface area contributed by atoms with Crippen LogP contribution in [0.2, 0.25) is 0 Å². The van der Waals surface area contributed by atoms with Gasteiger partial charge in [-0.15, -0.1) is 0 Å². The van der Waals surface area contributed by atoms with Gasteiger partial charge in [-0.25, -0.2) is 0 Å². The molecule has 2 atom stereocenters. The predicted octanol–water partition coefficient (Wildman–Crippen LogP) is 2.00. The van der Waals surface area contributed by atoms with E-state index in [1.165, 1.54) is 17.5 Å². The summed E-state index contributed by atoms with van der Waals surface area (Å²) in [6, 6.07) is 6.84. The fraction of sp³-hybridized carbons (Fsp3) is 0.562. The van der Waals surface area contributed by atoms with Crippen molar-refractivity contribution in [1.29, 1.82) is 0 Å². The summed E-state index contributed by atoms with van der Waals surface area (Å²) in [7, 11) is 0. The lowest BCUT2D eigenvalue weighted by Gasteiger charge is -2.39. The van der Waals surface area contributed by atoms with E-state index in [4.69, 9.17) is 0 Å². The highest BCUT2D eigenvalue weighted by molar-refractivity contribution is 5.96. The maximum Gasteiger partial charge on any atom is 0.254 e. The predicted molar refractivity (Wildman–Crippen MR) is 76.4 cm³/mol. The van der Waals surface area contributed by atoms with Crippen molar-refractivity contribution >= 4 is 5.91 Å². The lowest BCUT2D eigenvalue weighted by molar-refractivity contribution is 0.0602. The Balaban J connectivity index is 1.90. The fourth-order valence-corrected chi connectivity index (χ4v) is 3.32. The van der Waals surface area contributed by atoms with Crippen LogP contribution in [0.25, 0.3) is 0 Å². The SMILES string of the molecule is CC1NCCN(C(=O)c2cccc3c2CCC3)C1C. The first-order valence-corrected chi connectivity index (χ1v) is 7.33. The Morgan fingerprint density at radius 3 is 3.00 bits per heavy atom. The Hall–Kier alpha value is -1.35. The number of rotatable bonds is 1. The minimum atomic E-state index is 0.222. The number of carbonyl (C=O) groups excluding carboxylic acids is 1. The highest BCUT2D eigenvalue weighted by Gasteiger charge is 2.30. The van der Waals surface area contributed by atoms with Crippen molar-refractivity contribution in [1.82, 2.24) is 10.2 Å². The van der Waals surface area contributed by atoms with Gasteiger partial charge < -0.3 is 10.2 Å². The van der Waals surface area contributed by atoms with E-state index >= 15 is 0 Å². The van der Waals surface area contributed by atoms with E-state index in [0.717, 1.165) is 31.5 Å². The quantitative estimate of drug-likeness (QED) is 0.835. The van der Waals surface area contributed by atoms with Crippen LogP contribution in [0, 0.1) is 0 Å². The summed E-state index contributed by atoms with van der Waals surface area (Å²) in [5.41, 5.74) is 3.61. The van der Waals surface area contributed by atoms with Gasteiger partial charge in [0.25, 0.3) is 5.91 Å². The van der Waals surface area contributed by atoms with E-state index in [-0.39, 0.29) is 11.9 Å². The van der Waals surface area contributed by atoms with Gasteiger partial charge in [0.2, 0.25) is 0 Å². The van der Waals surface area contributed by atoms with Crippen molar-refractivity contribution in [3.8, 4) is 0 Å². The molecule has 3 heteroatoms. The van der Waals surface area contributed by atoms with Gasteiger partial charge in [0, 0.05) is 30.7 Å². The van der Waals surface area contributed by atoms with Gasteiger partial charge in [-0.3, -0.25) is 4.79 Å². The molecule has 3 nitrogen and oxygen atoms in total. The van der Waals surface area contributed by atoms with Gasteiger partial charge in [-0.1, -0.05) is 12.1 Å². The monoisotopic (exact) mass is 258 g/mol. The van der Waals surface area contributed by atoms with Crippen LogP contribution in [0.5, 0.6) is 0 Å². The average molecular weight is 258 g/mol. The minimum Gasteiger partial charge on any atom is -0.333 e. The molecule has 3 rings (SSSR count). The number of nitrogens with zero attached hydrogens (tertiary/aromatic N) is 1. The van der Waals surface area contributed by atoms with Crippen molar-refractivity contribution in [2.24, 2.45) is 0 Å². The zero-order valence-electron chi connectivity index (χ0n) is 11.8. The van der Waals surface area contributed by atoms with E-state index in [1.807, 2.05) is 17.0 Å². The number of hydrogen-bond donors (Lipinski definition) is 1. The molecule has 1 amide bonds. The molecule has 0 spiro atoms. The van der Waals surface area contributed by atoms with Gasteiger partial charge in [-0.05, 0) is 50.3 Å². The highest BCUT2D eigenvalue weighted by Crippen LogP contribution is 2.27. The molecule has 1 aliphatic carbocycles. The first-order chi connectivity index (χ1) is 9.18. The summed E-state index contributed by atoms with van der Waals surface area (Å²) < 4.78 is 0. The topological polar surface area (TPSA) is 32.3 Å². The van der Waals surface area contributed by atoms with Gasteiger partial charge >= 0.3 is 0 Å². The van der Waals surface area contributed by atoms with Gasteiger partial charge in [0.05, 0.1) is 0 Å². The van der Waals surface area contributed by atoms with Crippen LogP contribution in [0.1, 0.15) is 41.8 Å². The summed E-state index contributed by atoms with van der Waals surface area (Å²) in [5, 5.41) is 3.43. The van der Waals surface area contributed by atoms with Crippen molar-refractivity contribution in [3.63, 3.8) is 0 Å². The minimum absolute atomic E-state index is 0.222. The Labute approximate surface area is 115 Å². The second-order valence-electron chi connectivity index (χ2n) is 5.78. The highest BCUT2D eigenvalue weighted by atomic mass is 16.2. The third kappa shape index (κ3) is 2.16. The first-order valence-electron chi connectivity index (χ1n) is 7.33. The summed E-state index contributed by atoms with van der Waals surface area (Å²) in [5.74, 6) is 0.222. The summed E-state index contributed by atoms with van der Waals surface area (Å²) >= 11 is 0. The molecular formula is C16H22N2O. The third-order valence-electron chi connectivity index (χ3n) is 4.67. The second kappa shape index (κ2) is 4.97. The lowest BCUT2D eigenvalue weighted by atomic mass is 10.00. The molecule has 2 aliphatic rings. The Kier molecular flexibility index (Phi) is 3.31. The van der Waals surface area contributed by atoms with E-state index in [0.29, 0.717) is 6.04 Å². The van der Waals surface area contributed by atoms with E-state index in [9.17, 15) is 4.79 Å². The number of fused-ring (bicyclic) bond motifs is 1. The Bertz CT molecular complexity index is 498. The van der Waals surface area contributed by atoms with Crippen molar-refractivity contribution in [2.45, 2.75) is 45.2 Å². The van der Waals surface area contributed by atoms with Crippen LogP contribution in [0.3, 0.4) is 0 Å². The molecular weight excluding hydrogens is 236 g/mol. The smallest absolute Gasteiger partial charge is 0.254 e. The van der Waals surface area contributed by atoms with E-state index < -0.39 is 0 Å². The van der Waals surface area contributed by atoms with Crippen LogP contribution < -0.4 is 5.32 Å². The third-order valence-corrected chi connectivity index (χ3v) is 4.67. The van der Waals surface area contributed by atoms with Crippen LogP contribution in [-0.4, -0.2) is 36.0 Å². The Morgan fingerprint density at radius 1 is 1.32 bits per heavy atom. The first kappa shape index (κ1) is 12.7. The van der Waals surface area contributed by atoms with Crippen LogP contribution in [-0.2, 0) is 12.8 Å². The van der Waals surface area contributed by atoms with E-state index in [2.05, 4.69) is 25.2 Å². The molecule has 19 heavy (non-hydrogen) atoms. The standard InChI is InChI=1S/C16H22N2O/c1-11-12(2)18(10-9-17-11)16(19)15-8-4-6-13-5-3-7-14(13)15/h4,6,8,11-12,17H,3,5,7,9-10H2,1-2H3. The molecule has 0 saturated carbocycles. The number of amides is 1. The molecule has 0 radical (unpaired) electrons. The zero-order chi connectivity index (χ0) is 13.4. The molecule has 1 aromatic carbocycles. The number of aryl methyl sites for hydroxylation is 1. The molecule has 1 aliphatic heterocycles. The number of benzene rings is 1. The number of nitrogens with one attached hydrogen (secondary N) is 1. The molecule has 0 bridgehead atoms. The maximum atomic E-state index is 12.8. The van der Waals surface area contributed by atoms with Gasteiger partial charge in [-0.2, -0.15) is 0 Å². The number of piperazine rings is 1. The van der Waals surface area contributed by atoms with Crippen molar-refractivity contribution < 1.29 is 4.79 Å². The molecule has 1 fully saturated rings. The molecule has 1 N–H and O–H groups in total. The fourth-order valence-electron chi connectivity index (χ4n) is 3.32. The summed E-state index contributed by atoms with van der Waals surface area (Å²) in [4.78, 5) is 14.9. The van der Waals surface area contributed by atoms with Crippen LogP contribution in [0.4, 0.5) is 0 Å². The number of hydrogen-bond acceptors (Lipinski definition) is 2.